The van der Waals surface area contributed by atoms with Crippen molar-refractivity contribution in [2.75, 3.05) is 6.54 Å². The number of aliphatic hydroxyl groups is 1. The van der Waals surface area contributed by atoms with E-state index in [1.807, 2.05) is 51.2 Å². The van der Waals surface area contributed by atoms with E-state index in [0.29, 0.717) is 0 Å². The van der Waals surface area contributed by atoms with Gasteiger partial charge in [0.2, 0.25) is 0 Å². The lowest BCUT2D eigenvalue weighted by Gasteiger charge is -2.33. The maximum atomic E-state index is 10.3. The summed E-state index contributed by atoms with van der Waals surface area (Å²) in [6.07, 6.45) is 2.16. The minimum absolute atomic E-state index is 0.185. The van der Waals surface area contributed by atoms with Gasteiger partial charge >= 0.3 is 0 Å². The van der Waals surface area contributed by atoms with E-state index in [0.717, 1.165) is 43.1 Å². The maximum Gasteiger partial charge on any atom is 0.163 e. The first-order valence-corrected chi connectivity index (χ1v) is 7.87. The van der Waals surface area contributed by atoms with Gasteiger partial charge in [-0.1, -0.05) is 30.3 Å². The third-order valence-corrected chi connectivity index (χ3v) is 4.52. The summed E-state index contributed by atoms with van der Waals surface area (Å²) in [6, 6.07) is 10.3. The third kappa shape index (κ3) is 2.91. The molecule has 1 aromatic carbocycles. The number of aromatic nitrogens is 3. The predicted octanol–water partition coefficient (Wildman–Crippen LogP) is 2.22. The maximum absolute atomic E-state index is 10.3. The molecule has 5 nitrogen and oxygen atoms in total. The molecule has 1 saturated heterocycles. The zero-order valence-electron chi connectivity index (χ0n) is 13.5. The largest absolute Gasteiger partial charge is 0.389 e. The average molecular weight is 300 g/mol. The molecular weight excluding hydrogens is 276 g/mol. The SMILES string of the molecule is Cn1c(CN2CCC[C@H]2C(C)(C)O)nnc1-c1ccccc1. The van der Waals surface area contributed by atoms with Crippen molar-refractivity contribution in [1.29, 1.82) is 0 Å². The molecule has 0 saturated carbocycles. The van der Waals surface area contributed by atoms with Crippen molar-refractivity contribution in [3.8, 4) is 11.4 Å². The van der Waals surface area contributed by atoms with Crippen LogP contribution in [0.25, 0.3) is 11.4 Å². The highest BCUT2D eigenvalue weighted by Crippen LogP contribution is 2.28. The molecule has 2 heterocycles. The molecule has 1 N–H and O–H groups in total. The smallest absolute Gasteiger partial charge is 0.163 e. The van der Waals surface area contributed by atoms with Crippen LogP contribution in [-0.2, 0) is 13.6 Å². The molecule has 3 rings (SSSR count). The van der Waals surface area contributed by atoms with Gasteiger partial charge in [-0.15, -0.1) is 10.2 Å². The minimum Gasteiger partial charge on any atom is -0.389 e. The standard InChI is InChI=1S/C17H24N4O/c1-17(2,22)14-10-7-11-21(14)12-15-18-19-16(20(15)3)13-8-5-4-6-9-13/h4-6,8-9,14,22H,7,10-12H2,1-3H3/t14-/m0/s1. The zero-order chi connectivity index (χ0) is 15.7. The lowest BCUT2D eigenvalue weighted by Crippen LogP contribution is -2.45. The number of benzene rings is 1. The van der Waals surface area contributed by atoms with E-state index in [9.17, 15) is 5.11 Å². The van der Waals surface area contributed by atoms with Gasteiger partial charge in [0.25, 0.3) is 0 Å². The molecule has 1 aliphatic rings. The van der Waals surface area contributed by atoms with E-state index < -0.39 is 5.60 Å². The van der Waals surface area contributed by atoms with Crippen molar-refractivity contribution < 1.29 is 5.11 Å². The van der Waals surface area contributed by atoms with E-state index >= 15 is 0 Å². The van der Waals surface area contributed by atoms with E-state index in [1.54, 1.807) is 0 Å². The first-order valence-electron chi connectivity index (χ1n) is 7.87. The molecule has 2 aromatic rings. The van der Waals surface area contributed by atoms with Crippen molar-refractivity contribution >= 4 is 0 Å². The summed E-state index contributed by atoms with van der Waals surface area (Å²) >= 11 is 0. The average Bonchev–Trinajstić information content (AvgIpc) is 3.08. The molecule has 0 aliphatic carbocycles. The molecular formula is C17H24N4O. The summed E-state index contributed by atoms with van der Waals surface area (Å²) < 4.78 is 2.05. The fourth-order valence-corrected chi connectivity index (χ4v) is 3.33. The van der Waals surface area contributed by atoms with Gasteiger partial charge in [0.1, 0.15) is 5.82 Å². The Kier molecular flexibility index (Phi) is 4.02. The van der Waals surface area contributed by atoms with Crippen LogP contribution < -0.4 is 0 Å². The van der Waals surface area contributed by atoms with Crippen LogP contribution in [0.3, 0.4) is 0 Å². The Hall–Kier alpha value is -1.72. The van der Waals surface area contributed by atoms with Gasteiger partial charge in [-0.25, -0.2) is 0 Å². The fourth-order valence-electron chi connectivity index (χ4n) is 3.33. The van der Waals surface area contributed by atoms with Gasteiger partial charge in [-0.3, -0.25) is 4.90 Å². The van der Waals surface area contributed by atoms with Crippen molar-refractivity contribution in [1.82, 2.24) is 19.7 Å². The summed E-state index contributed by atoms with van der Waals surface area (Å²) in [7, 11) is 2.01. The Labute approximate surface area is 131 Å². The second kappa shape index (κ2) is 5.82. The van der Waals surface area contributed by atoms with Crippen LogP contribution in [0.1, 0.15) is 32.5 Å². The molecule has 1 fully saturated rings. The normalized spacial score (nSPS) is 19.7. The van der Waals surface area contributed by atoms with Gasteiger partial charge in [0.05, 0.1) is 12.1 Å². The van der Waals surface area contributed by atoms with Crippen LogP contribution in [0.5, 0.6) is 0 Å². The third-order valence-electron chi connectivity index (χ3n) is 4.52. The molecule has 5 heteroatoms. The van der Waals surface area contributed by atoms with Crippen molar-refractivity contribution in [2.45, 2.75) is 44.9 Å². The lowest BCUT2D eigenvalue weighted by atomic mass is 9.97. The lowest BCUT2D eigenvalue weighted by molar-refractivity contribution is -0.00599. The van der Waals surface area contributed by atoms with Gasteiger partial charge < -0.3 is 9.67 Å². The molecule has 1 aromatic heterocycles. The van der Waals surface area contributed by atoms with E-state index in [-0.39, 0.29) is 6.04 Å². The Balaban J connectivity index is 1.81. The quantitative estimate of drug-likeness (QED) is 0.940. The van der Waals surface area contributed by atoms with Crippen LogP contribution in [0.15, 0.2) is 30.3 Å². The molecule has 0 amide bonds. The second-order valence-electron chi connectivity index (χ2n) is 6.65. The van der Waals surface area contributed by atoms with Crippen molar-refractivity contribution in [2.24, 2.45) is 7.05 Å². The number of rotatable bonds is 4. The highest BCUT2D eigenvalue weighted by molar-refractivity contribution is 5.54. The molecule has 1 atom stereocenters. The van der Waals surface area contributed by atoms with Crippen LogP contribution in [0.2, 0.25) is 0 Å². The number of hydrogen-bond acceptors (Lipinski definition) is 4. The molecule has 0 radical (unpaired) electrons. The van der Waals surface area contributed by atoms with Gasteiger partial charge in [0.15, 0.2) is 5.82 Å². The summed E-state index contributed by atoms with van der Waals surface area (Å²) in [5, 5.41) is 19.0. The van der Waals surface area contributed by atoms with E-state index in [4.69, 9.17) is 0 Å². The van der Waals surface area contributed by atoms with Crippen molar-refractivity contribution in [3.05, 3.63) is 36.2 Å². The van der Waals surface area contributed by atoms with E-state index in [1.165, 1.54) is 0 Å². The number of likely N-dealkylation sites (tertiary alicyclic amines) is 1. The zero-order valence-corrected chi connectivity index (χ0v) is 13.5. The molecule has 22 heavy (non-hydrogen) atoms. The predicted molar refractivity (Wildman–Crippen MR) is 86.2 cm³/mol. The van der Waals surface area contributed by atoms with Crippen LogP contribution in [0.4, 0.5) is 0 Å². The van der Waals surface area contributed by atoms with Gasteiger partial charge in [-0.05, 0) is 33.2 Å². The number of nitrogens with zero attached hydrogens (tertiary/aromatic N) is 4. The van der Waals surface area contributed by atoms with Gasteiger partial charge in [-0.2, -0.15) is 0 Å². The molecule has 0 spiro atoms. The van der Waals surface area contributed by atoms with E-state index in [2.05, 4.69) is 19.7 Å². The Morgan fingerprint density at radius 3 is 2.64 bits per heavy atom. The number of hydrogen-bond donors (Lipinski definition) is 1. The summed E-state index contributed by atoms with van der Waals surface area (Å²) in [6.45, 7) is 5.51. The van der Waals surface area contributed by atoms with Gasteiger partial charge in [0, 0.05) is 18.7 Å². The Bertz CT molecular complexity index is 630. The molecule has 0 bridgehead atoms. The summed E-state index contributed by atoms with van der Waals surface area (Å²) in [4.78, 5) is 2.32. The monoisotopic (exact) mass is 300 g/mol. The Morgan fingerprint density at radius 2 is 1.95 bits per heavy atom. The second-order valence-corrected chi connectivity index (χ2v) is 6.65. The van der Waals surface area contributed by atoms with Crippen LogP contribution in [0, 0.1) is 0 Å². The summed E-state index contributed by atoms with van der Waals surface area (Å²) in [5.74, 6) is 1.82. The van der Waals surface area contributed by atoms with Crippen molar-refractivity contribution in [3.63, 3.8) is 0 Å². The molecule has 0 unspecified atom stereocenters. The fraction of sp³-hybridized carbons (Fsp3) is 0.529. The summed E-state index contributed by atoms with van der Waals surface area (Å²) in [5.41, 5.74) is 0.390. The van der Waals surface area contributed by atoms with Crippen LogP contribution in [-0.4, -0.2) is 43.0 Å². The topological polar surface area (TPSA) is 54.2 Å². The molecule has 1 aliphatic heterocycles. The highest BCUT2D eigenvalue weighted by atomic mass is 16.3. The Morgan fingerprint density at radius 1 is 1.23 bits per heavy atom. The first-order chi connectivity index (χ1) is 10.5. The minimum atomic E-state index is -0.683. The van der Waals surface area contributed by atoms with Crippen LogP contribution >= 0.6 is 0 Å². The highest BCUT2D eigenvalue weighted by Gasteiger charge is 2.36. The first kappa shape index (κ1) is 15.2. The molecule has 118 valence electrons.